The number of aromatic amines is 1. The molecular formula is C25H22N2O4. The van der Waals surface area contributed by atoms with Crippen molar-refractivity contribution in [2.75, 3.05) is 0 Å². The molecule has 3 aromatic carbocycles. The molecular weight excluding hydrogens is 392 g/mol. The van der Waals surface area contributed by atoms with E-state index in [0.717, 1.165) is 33.3 Å². The van der Waals surface area contributed by atoms with Crippen molar-refractivity contribution in [2.45, 2.75) is 19.1 Å². The summed E-state index contributed by atoms with van der Waals surface area (Å²) < 4.78 is 5.26. The van der Waals surface area contributed by atoms with Gasteiger partial charge in [0.1, 0.15) is 12.6 Å². The molecule has 1 amide bonds. The maximum Gasteiger partial charge on any atom is 0.408 e. The average molecular weight is 414 g/mol. The van der Waals surface area contributed by atoms with Crippen LogP contribution in [0.25, 0.3) is 22.2 Å². The molecule has 0 saturated carbocycles. The molecule has 1 heterocycles. The van der Waals surface area contributed by atoms with Gasteiger partial charge in [-0.05, 0) is 34.9 Å². The molecule has 156 valence electrons. The van der Waals surface area contributed by atoms with Crippen molar-refractivity contribution in [3.05, 3.63) is 96.1 Å². The van der Waals surface area contributed by atoms with Gasteiger partial charge in [0.25, 0.3) is 0 Å². The second kappa shape index (κ2) is 9.17. The number of carboxylic acid groups (broad SMARTS) is 1. The lowest BCUT2D eigenvalue weighted by molar-refractivity contribution is -0.139. The number of nitrogens with one attached hydrogen (secondary N) is 2. The number of hydrogen-bond donors (Lipinski definition) is 3. The Bertz CT molecular complexity index is 1190. The van der Waals surface area contributed by atoms with Gasteiger partial charge in [-0.1, -0.05) is 66.7 Å². The molecule has 6 heteroatoms. The van der Waals surface area contributed by atoms with E-state index in [1.54, 1.807) is 0 Å². The van der Waals surface area contributed by atoms with E-state index in [4.69, 9.17) is 4.74 Å². The van der Waals surface area contributed by atoms with E-state index in [0.29, 0.717) is 0 Å². The number of amides is 1. The summed E-state index contributed by atoms with van der Waals surface area (Å²) in [5, 5.41) is 12.8. The highest BCUT2D eigenvalue weighted by molar-refractivity contribution is 5.86. The molecule has 0 radical (unpaired) electrons. The molecule has 0 saturated heterocycles. The first-order chi connectivity index (χ1) is 15.1. The van der Waals surface area contributed by atoms with Crippen LogP contribution in [0.5, 0.6) is 0 Å². The molecule has 0 aliphatic heterocycles. The summed E-state index contributed by atoms with van der Waals surface area (Å²) in [5.41, 5.74) is 4.73. The number of carbonyl (C=O) groups excluding carboxylic acids is 1. The minimum atomic E-state index is -1.11. The number of H-pyrrole nitrogens is 1. The van der Waals surface area contributed by atoms with Crippen LogP contribution in [0, 0.1) is 0 Å². The fraction of sp³-hybridized carbons (Fsp3) is 0.120. The number of aromatic nitrogens is 1. The van der Waals surface area contributed by atoms with E-state index in [2.05, 4.69) is 16.4 Å². The standard InChI is InChI=1S/C25H22N2O4/c28-24(29)23(14-17-7-3-1-4-8-17)27-25(30)31-16-18-11-12-21-20(13-18)15-22(26-21)19-9-5-2-6-10-19/h1-13,15,23,26H,14,16H2,(H,27,30)(H,28,29)/t23-/m1/s1. The van der Waals surface area contributed by atoms with E-state index in [-0.39, 0.29) is 13.0 Å². The fourth-order valence-electron chi connectivity index (χ4n) is 3.43. The van der Waals surface area contributed by atoms with Gasteiger partial charge in [-0.15, -0.1) is 0 Å². The Hall–Kier alpha value is -4.06. The number of hydrogen-bond acceptors (Lipinski definition) is 3. The van der Waals surface area contributed by atoms with Crippen molar-refractivity contribution in [3.63, 3.8) is 0 Å². The van der Waals surface area contributed by atoms with Gasteiger partial charge in [0, 0.05) is 23.0 Å². The monoisotopic (exact) mass is 414 g/mol. The van der Waals surface area contributed by atoms with Gasteiger partial charge >= 0.3 is 12.1 Å². The molecule has 0 spiro atoms. The summed E-state index contributed by atoms with van der Waals surface area (Å²) in [4.78, 5) is 27.1. The number of aliphatic carboxylic acids is 1. The summed E-state index contributed by atoms with van der Waals surface area (Å²) in [6, 6.07) is 25.9. The van der Waals surface area contributed by atoms with Crippen molar-refractivity contribution in [1.29, 1.82) is 0 Å². The van der Waals surface area contributed by atoms with Crippen LogP contribution in [-0.2, 0) is 22.6 Å². The Labute approximate surface area is 179 Å². The third kappa shape index (κ3) is 5.11. The lowest BCUT2D eigenvalue weighted by Crippen LogP contribution is -2.42. The number of carboxylic acids is 1. The van der Waals surface area contributed by atoms with Crippen LogP contribution in [0.1, 0.15) is 11.1 Å². The largest absolute Gasteiger partial charge is 0.480 e. The van der Waals surface area contributed by atoms with Gasteiger partial charge < -0.3 is 20.1 Å². The van der Waals surface area contributed by atoms with Crippen LogP contribution >= 0.6 is 0 Å². The smallest absolute Gasteiger partial charge is 0.408 e. The highest BCUT2D eigenvalue weighted by Crippen LogP contribution is 2.25. The average Bonchev–Trinajstić information content (AvgIpc) is 3.22. The van der Waals surface area contributed by atoms with E-state index in [9.17, 15) is 14.7 Å². The first-order valence-electron chi connectivity index (χ1n) is 9.95. The molecule has 0 aliphatic carbocycles. The zero-order chi connectivity index (χ0) is 21.6. The second-order valence-corrected chi connectivity index (χ2v) is 7.27. The summed E-state index contributed by atoms with van der Waals surface area (Å²) in [7, 11) is 0. The van der Waals surface area contributed by atoms with Crippen molar-refractivity contribution in [2.24, 2.45) is 0 Å². The summed E-state index contributed by atoms with van der Waals surface area (Å²) in [5.74, 6) is -1.11. The van der Waals surface area contributed by atoms with E-state index >= 15 is 0 Å². The summed E-state index contributed by atoms with van der Waals surface area (Å²) in [6.45, 7) is 0.0469. The van der Waals surface area contributed by atoms with Crippen molar-refractivity contribution >= 4 is 23.0 Å². The normalized spacial score (nSPS) is 11.7. The van der Waals surface area contributed by atoms with Gasteiger partial charge in [0.2, 0.25) is 0 Å². The third-order valence-electron chi connectivity index (χ3n) is 5.01. The number of benzene rings is 3. The van der Waals surface area contributed by atoms with Gasteiger partial charge in [0.05, 0.1) is 0 Å². The van der Waals surface area contributed by atoms with Crippen molar-refractivity contribution < 1.29 is 19.4 Å². The minimum Gasteiger partial charge on any atom is -0.480 e. The van der Waals surface area contributed by atoms with Crippen LogP contribution in [0.2, 0.25) is 0 Å². The van der Waals surface area contributed by atoms with Gasteiger partial charge in [-0.25, -0.2) is 9.59 Å². The molecule has 0 bridgehead atoms. The van der Waals surface area contributed by atoms with Gasteiger partial charge in [-0.3, -0.25) is 0 Å². The van der Waals surface area contributed by atoms with Crippen LogP contribution in [0.3, 0.4) is 0 Å². The second-order valence-electron chi connectivity index (χ2n) is 7.27. The number of carbonyl (C=O) groups is 2. The van der Waals surface area contributed by atoms with Crippen LogP contribution in [0.15, 0.2) is 84.9 Å². The summed E-state index contributed by atoms with van der Waals surface area (Å²) in [6.07, 6.45) is -0.578. The summed E-state index contributed by atoms with van der Waals surface area (Å²) >= 11 is 0. The predicted molar refractivity (Wildman–Crippen MR) is 119 cm³/mol. The highest BCUT2D eigenvalue weighted by atomic mass is 16.5. The van der Waals surface area contributed by atoms with E-state index < -0.39 is 18.1 Å². The molecule has 0 unspecified atom stereocenters. The Morgan fingerprint density at radius 1 is 0.903 bits per heavy atom. The SMILES string of the molecule is O=C(N[C@H](Cc1ccccc1)C(=O)O)OCc1ccc2[nH]c(-c3ccccc3)cc2c1. The number of ether oxygens (including phenoxy) is 1. The molecule has 4 aromatic rings. The zero-order valence-electron chi connectivity index (χ0n) is 16.7. The first kappa shape index (κ1) is 20.2. The Balaban J connectivity index is 1.38. The molecule has 4 rings (SSSR count). The zero-order valence-corrected chi connectivity index (χ0v) is 16.7. The third-order valence-corrected chi connectivity index (χ3v) is 5.01. The molecule has 1 aromatic heterocycles. The number of alkyl carbamates (subject to hydrolysis) is 1. The maximum atomic E-state index is 12.2. The highest BCUT2D eigenvalue weighted by Gasteiger charge is 2.21. The Morgan fingerprint density at radius 2 is 1.61 bits per heavy atom. The first-order valence-corrected chi connectivity index (χ1v) is 9.95. The maximum absolute atomic E-state index is 12.2. The van der Waals surface area contributed by atoms with Crippen LogP contribution in [0.4, 0.5) is 4.79 Å². The van der Waals surface area contributed by atoms with Crippen LogP contribution < -0.4 is 5.32 Å². The quantitative estimate of drug-likeness (QED) is 0.407. The molecule has 1 atom stereocenters. The van der Waals surface area contributed by atoms with E-state index in [1.807, 2.05) is 78.9 Å². The van der Waals surface area contributed by atoms with Crippen molar-refractivity contribution in [1.82, 2.24) is 10.3 Å². The fourth-order valence-corrected chi connectivity index (χ4v) is 3.43. The van der Waals surface area contributed by atoms with Gasteiger partial charge in [-0.2, -0.15) is 0 Å². The van der Waals surface area contributed by atoms with E-state index in [1.165, 1.54) is 0 Å². The number of rotatable bonds is 7. The lowest BCUT2D eigenvalue weighted by Gasteiger charge is -2.14. The molecule has 6 nitrogen and oxygen atoms in total. The topological polar surface area (TPSA) is 91.4 Å². The molecule has 0 aliphatic rings. The van der Waals surface area contributed by atoms with Gasteiger partial charge in [0.15, 0.2) is 0 Å². The Kier molecular flexibility index (Phi) is 5.98. The minimum absolute atomic E-state index is 0.0469. The van der Waals surface area contributed by atoms with Crippen LogP contribution in [-0.4, -0.2) is 28.2 Å². The number of fused-ring (bicyclic) bond motifs is 1. The Morgan fingerprint density at radius 3 is 2.32 bits per heavy atom. The molecule has 3 N–H and O–H groups in total. The predicted octanol–water partition coefficient (Wildman–Crippen LogP) is 4.76. The molecule has 0 fully saturated rings. The lowest BCUT2D eigenvalue weighted by atomic mass is 10.1. The molecule has 31 heavy (non-hydrogen) atoms. The van der Waals surface area contributed by atoms with Crippen molar-refractivity contribution in [3.8, 4) is 11.3 Å².